The molecule has 2 atom stereocenters. The summed E-state index contributed by atoms with van der Waals surface area (Å²) in [6, 6.07) is 17.6. The second-order valence-electron chi connectivity index (χ2n) is 9.89. The highest BCUT2D eigenvalue weighted by molar-refractivity contribution is 7.92. The zero-order chi connectivity index (χ0) is 30.2. The van der Waals surface area contributed by atoms with Crippen LogP contribution in [-0.2, 0) is 26.2 Å². The quantitative estimate of drug-likeness (QED) is 0.304. The Morgan fingerprint density at radius 2 is 1.66 bits per heavy atom. The molecule has 0 fully saturated rings. The number of para-hydroxylation sites is 1. The van der Waals surface area contributed by atoms with Gasteiger partial charge in [-0.05, 0) is 68.7 Å². The second-order valence-corrected chi connectivity index (χ2v) is 11.8. The normalized spacial score (nSPS) is 12.7. The lowest BCUT2D eigenvalue weighted by Crippen LogP contribution is -2.53. The van der Waals surface area contributed by atoms with Crippen molar-refractivity contribution in [1.29, 1.82) is 0 Å². The van der Waals surface area contributed by atoms with Gasteiger partial charge in [0.2, 0.25) is 11.8 Å². The van der Waals surface area contributed by atoms with Crippen molar-refractivity contribution in [1.82, 2.24) is 10.2 Å². The summed E-state index contributed by atoms with van der Waals surface area (Å²) >= 11 is 0. The summed E-state index contributed by atoms with van der Waals surface area (Å²) in [4.78, 5) is 28.7. The fourth-order valence-corrected chi connectivity index (χ4v) is 5.75. The zero-order valence-electron chi connectivity index (χ0n) is 24.1. The van der Waals surface area contributed by atoms with Crippen LogP contribution < -0.4 is 14.4 Å². The van der Waals surface area contributed by atoms with Gasteiger partial charge in [-0.1, -0.05) is 55.8 Å². The minimum atomic E-state index is -4.36. The number of hydrogen-bond acceptors (Lipinski definition) is 5. The van der Waals surface area contributed by atoms with Crippen LogP contribution in [0.3, 0.4) is 0 Å². The van der Waals surface area contributed by atoms with E-state index < -0.39 is 34.3 Å². The molecule has 0 aliphatic carbocycles. The summed E-state index contributed by atoms with van der Waals surface area (Å²) in [5, 5.41) is 2.93. The standard InChI is InChI=1S/C31H38FN3O5S/c1-6-23(4)33-31(37)28(7-2)34(20-24-11-10-12-25(19-24)40-5)30(36)21-35(29-14-9-8-13-27(29)32)41(38,39)26-17-15-22(3)16-18-26/h8-19,23,28H,6-7,20-21H2,1-5H3,(H,33,37)/t23-,28-/m1/s1. The summed E-state index contributed by atoms with van der Waals surface area (Å²) in [5.41, 5.74) is 1.27. The number of aryl methyl sites for hydroxylation is 1. The minimum Gasteiger partial charge on any atom is -0.497 e. The van der Waals surface area contributed by atoms with Gasteiger partial charge in [-0.3, -0.25) is 13.9 Å². The second kappa shape index (κ2) is 14.1. The van der Waals surface area contributed by atoms with Gasteiger partial charge in [-0.15, -0.1) is 0 Å². The van der Waals surface area contributed by atoms with E-state index in [4.69, 9.17) is 4.74 Å². The van der Waals surface area contributed by atoms with Crippen LogP contribution in [0.4, 0.5) is 10.1 Å². The highest BCUT2D eigenvalue weighted by atomic mass is 32.2. The third-order valence-electron chi connectivity index (χ3n) is 6.88. The summed E-state index contributed by atoms with van der Waals surface area (Å²) in [7, 11) is -2.83. The van der Waals surface area contributed by atoms with Crippen molar-refractivity contribution in [2.75, 3.05) is 18.0 Å². The van der Waals surface area contributed by atoms with Crippen LogP contribution >= 0.6 is 0 Å². The van der Waals surface area contributed by atoms with E-state index in [-0.39, 0.29) is 35.5 Å². The molecule has 220 valence electrons. The highest BCUT2D eigenvalue weighted by Gasteiger charge is 2.34. The van der Waals surface area contributed by atoms with Crippen LogP contribution in [0.25, 0.3) is 0 Å². The topological polar surface area (TPSA) is 96.0 Å². The van der Waals surface area contributed by atoms with Gasteiger partial charge >= 0.3 is 0 Å². The molecule has 3 rings (SSSR count). The fourth-order valence-electron chi connectivity index (χ4n) is 4.33. The molecule has 8 nitrogen and oxygen atoms in total. The van der Waals surface area contributed by atoms with Crippen molar-refractivity contribution in [3.05, 3.63) is 89.7 Å². The van der Waals surface area contributed by atoms with E-state index in [9.17, 15) is 18.0 Å². The highest BCUT2D eigenvalue weighted by Crippen LogP contribution is 2.27. The maximum Gasteiger partial charge on any atom is 0.264 e. The van der Waals surface area contributed by atoms with Crippen molar-refractivity contribution in [2.45, 2.75) is 64.1 Å². The van der Waals surface area contributed by atoms with Gasteiger partial charge in [-0.2, -0.15) is 0 Å². The first-order chi connectivity index (χ1) is 19.5. The van der Waals surface area contributed by atoms with Crippen molar-refractivity contribution in [2.24, 2.45) is 0 Å². The molecular weight excluding hydrogens is 545 g/mol. The first-order valence-electron chi connectivity index (χ1n) is 13.6. The first-order valence-corrected chi connectivity index (χ1v) is 15.0. The van der Waals surface area contributed by atoms with Gasteiger partial charge in [0.15, 0.2) is 0 Å². The Hall–Kier alpha value is -3.92. The predicted molar refractivity (Wildman–Crippen MR) is 158 cm³/mol. The Bertz CT molecular complexity index is 1450. The van der Waals surface area contributed by atoms with Gasteiger partial charge in [0.25, 0.3) is 10.0 Å². The Morgan fingerprint density at radius 3 is 2.27 bits per heavy atom. The number of benzene rings is 3. The van der Waals surface area contributed by atoms with E-state index >= 15 is 4.39 Å². The number of nitrogens with zero attached hydrogens (tertiary/aromatic N) is 2. The number of rotatable bonds is 13. The minimum absolute atomic E-state index is 0.0121. The van der Waals surface area contributed by atoms with Gasteiger partial charge in [0, 0.05) is 12.6 Å². The molecule has 0 saturated heterocycles. The Kier molecular flexibility index (Phi) is 10.9. The molecule has 3 aromatic carbocycles. The summed E-state index contributed by atoms with van der Waals surface area (Å²) < 4.78 is 48.8. The maximum atomic E-state index is 15.1. The van der Waals surface area contributed by atoms with Gasteiger partial charge in [0.05, 0.1) is 17.7 Å². The van der Waals surface area contributed by atoms with Crippen LogP contribution in [0.1, 0.15) is 44.7 Å². The van der Waals surface area contributed by atoms with Crippen molar-refractivity contribution < 1.29 is 27.1 Å². The predicted octanol–water partition coefficient (Wildman–Crippen LogP) is 5.06. The number of amides is 2. The number of nitrogens with one attached hydrogen (secondary N) is 1. The maximum absolute atomic E-state index is 15.1. The lowest BCUT2D eigenvalue weighted by Gasteiger charge is -2.33. The van der Waals surface area contributed by atoms with Crippen LogP contribution in [0.2, 0.25) is 0 Å². The molecule has 0 unspecified atom stereocenters. The monoisotopic (exact) mass is 583 g/mol. The van der Waals surface area contributed by atoms with E-state index in [1.165, 1.54) is 42.3 Å². The Labute approximate surface area is 242 Å². The van der Waals surface area contributed by atoms with Gasteiger partial charge < -0.3 is 15.0 Å². The van der Waals surface area contributed by atoms with Gasteiger partial charge in [0.1, 0.15) is 24.2 Å². The molecule has 41 heavy (non-hydrogen) atoms. The third kappa shape index (κ3) is 7.85. The molecule has 0 aliphatic rings. The average Bonchev–Trinajstić information content (AvgIpc) is 2.96. The molecule has 3 aromatic rings. The van der Waals surface area contributed by atoms with Crippen LogP contribution in [0.15, 0.2) is 77.7 Å². The number of hydrogen-bond donors (Lipinski definition) is 1. The van der Waals surface area contributed by atoms with Crippen molar-refractivity contribution in [3.8, 4) is 5.75 Å². The van der Waals surface area contributed by atoms with E-state index in [0.29, 0.717) is 17.7 Å². The fraction of sp³-hybridized carbons (Fsp3) is 0.355. The summed E-state index contributed by atoms with van der Waals surface area (Å²) in [6.07, 6.45) is 0.976. The van der Waals surface area contributed by atoms with E-state index in [1.54, 1.807) is 43.3 Å². The van der Waals surface area contributed by atoms with Crippen LogP contribution in [0.5, 0.6) is 5.75 Å². The smallest absolute Gasteiger partial charge is 0.264 e. The zero-order valence-corrected chi connectivity index (χ0v) is 24.9. The van der Waals surface area contributed by atoms with E-state index in [1.807, 2.05) is 20.8 Å². The molecule has 0 spiro atoms. The molecule has 0 radical (unpaired) electrons. The molecule has 0 heterocycles. The number of anilines is 1. The molecule has 0 aromatic heterocycles. The van der Waals surface area contributed by atoms with Crippen LogP contribution in [0, 0.1) is 12.7 Å². The largest absolute Gasteiger partial charge is 0.497 e. The van der Waals surface area contributed by atoms with E-state index in [0.717, 1.165) is 15.9 Å². The summed E-state index contributed by atoms with van der Waals surface area (Å²) in [5.74, 6) is -1.23. The third-order valence-corrected chi connectivity index (χ3v) is 8.66. The lowest BCUT2D eigenvalue weighted by molar-refractivity contribution is -0.140. The SMILES string of the molecule is CC[C@@H](C)NC(=O)[C@@H](CC)N(Cc1cccc(OC)c1)C(=O)CN(c1ccccc1F)S(=O)(=O)c1ccc(C)cc1. The molecule has 0 saturated carbocycles. The number of sulfonamides is 1. The number of ether oxygens (including phenoxy) is 1. The molecular formula is C31H38FN3O5S. The number of carbonyl (C=O) groups excluding carboxylic acids is 2. The van der Waals surface area contributed by atoms with E-state index in [2.05, 4.69) is 5.32 Å². The summed E-state index contributed by atoms with van der Waals surface area (Å²) in [6.45, 7) is 6.71. The average molecular weight is 584 g/mol. The van der Waals surface area contributed by atoms with Gasteiger partial charge in [-0.25, -0.2) is 12.8 Å². The van der Waals surface area contributed by atoms with Crippen molar-refractivity contribution in [3.63, 3.8) is 0 Å². The molecule has 10 heteroatoms. The number of methoxy groups -OCH3 is 1. The molecule has 1 N–H and O–H groups in total. The van der Waals surface area contributed by atoms with Crippen LogP contribution in [-0.4, -0.2) is 50.9 Å². The molecule has 0 bridgehead atoms. The lowest BCUT2D eigenvalue weighted by atomic mass is 10.1. The first kappa shape index (κ1) is 31.6. The molecule has 2 amide bonds. The Morgan fingerprint density at radius 1 is 0.976 bits per heavy atom. The van der Waals surface area contributed by atoms with Crippen molar-refractivity contribution >= 4 is 27.5 Å². The number of carbonyl (C=O) groups is 2. The number of halogens is 1. The Balaban J connectivity index is 2.08. The molecule has 0 aliphatic heterocycles.